The van der Waals surface area contributed by atoms with Gasteiger partial charge in [0, 0.05) is 25.4 Å². The molecule has 6 atom stereocenters. The molecule has 0 heterocycles. The van der Waals surface area contributed by atoms with Crippen LogP contribution in [0.1, 0.15) is 92.9 Å². The van der Waals surface area contributed by atoms with Crippen molar-refractivity contribution in [2.45, 2.75) is 98.5 Å². The predicted molar refractivity (Wildman–Crippen MR) is 142 cm³/mol. The van der Waals surface area contributed by atoms with Gasteiger partial charge in [0.05, 0.1) is 5.71 Å². The van der Waals surface area contributed by atoms with Gasteiger partial charge in [-0.3, -0.25) is 9.63 Å². The predicted octanol–water partition coefficient (Wildman–Crippen LogP) is 5.76. The number of ketones is 1. The van der Waals surface area contributed by atoms with Crippen molar-refractivity contribution in [3.8, 4) is 0 Å². The van der Waals surface area contributed by atoms with Crippen LogP contribution in [0.25, 0.3) is 0 Å². The van der Waals surface area contributed by atoms with Gasteiger partial charge in [-0.15, -0.1) is 0 Å². The van der Waals surface area contributed by atoms with Gasteiger partial charge < -0.3 is 15.4 Å². The summed E-state index contributed by atoms with van der Waals surface area (Å²) in [5.41, 5.74) is 2.06. The van der Waals surface area contributed by atoms with Crippen LogP contribution >= 0.6 is 0 Å². The number of carbonyl (C=O) groups is 3. The van der Waals surface area contributed by atoms with Crippen LogP contribution in [0.5, 0.6) is 0 Å². The number of nitrogens with zero attached hydrogens (tertiary/aromatic N) is 1. The number of nitrogens with one attached hydrogen (secondary N) is 2. The lowest BCUT2D eigenvalue weighted by atomic mass is 9.46. The molecule has 0 unspecified atom stereocenters. The monoisotopic (exact) mass is 515 g/mol. The van der Waals surface area contributed by atoms with Crippen molar-refractivity contribution >= 4 is 23.7 Å². The maximum absolute atomic E-state index is 12.2. The van der Waals surface area contributed by atoms with Crippen LogP contribution in [0.15, 0.2) is 16.8 Å². The van der Waals surface area contributed by atoms with Crippen molar-refractivity contribution in [1.82, 2.24) is 10.6 Å². The lowest BCUT2D eigenvalue weighted by Crippen LogP contribution is -2.51. The smallest absolute Gasteiger partial charge is 0.433 e. The van der Waals surface area contributed by atoms with Crippen molar-refractivity contribution in [3.63, 3.8) is 0 Å². The molecule has 3 saturated carbocycles. The van der Waals surface area contributed by atoms with E-state index < -0.39 is 17.8 Å². The molecule has 0 bridgehead atoms. The molecule has 2 N–H and O–H groups in total. The average molecular weight is 516 g/mol. The van der Waals surface area contributed by atoms with Gasteiger partial charge in [-0.2, -0.15) is 0 Å². The molecule has 206 valence electrons. The third kappa shape index (κ3) is 5.73. The van der Waals surface area contributed by atoms with Gasteiger partial charge in [0.2, 0.25) is 0 Å². The Morgan fingerprint density at radius 3 is 2.41 bits per heavy atom. The van der Waals surface area contributed by atoms with Gasteiger partial charge >= 0.3 is 12.2 Å². The van der Waals surface area contributed by atoms with Crippen LogP contribution in [-0.4, -0.2) is 42.4 Å². The zero-order chi connectivity index (χ0) is 27.0. The molecule has 0 saturated heterocycles. The van der Waals surface area contributed by atoms with Crippen molar-refractivity contribution in [2.75, 3.05) is 13.1 Å². The molecule has 37 heavy (non-hydrogen) atoms. The number of oxime groups is 1. The molecule has 0 aromatic carbocycles. The van der Waals surface area contributed by atoms with Gasteiger partial charge in [-0.25, -0.2) is 9.59 Å². The van der Waals surface area contributed by atoms with Gasteiger partial charge in [0.1, 0.15) is 5.60 Å². The van der Waals surface area contributed by atoms with Gasteiger partial charge in [0.15, 0.2) is 5.78 Å². The highest BCUT2D eigenvalue weighted by atomic mass is 16.7. The fourth-order valence-electron chi connectivity index (χ4n) is 8.10. The first kappa shape index (κ1) is 27.6. The second-order valence-electron chi connectivity index (χ2n) is 13.1. The molecule has 0 spiro atoms. The number of hydrogen-bond acceptors (Lipinski definition) is 6. The Balaban J connectivity index is 1.30. The number of allylic oxidation sites excluding steroid dienone is 1. The largest absolute Gasteiger partial charge is 0.444 e. The SMILES string of the molecule is C/C(=N\OC(=O)NCCNC(=O)OC(C)(C)C)[C@H]1CC[C@H]2[C@@H]3CCC4=CC(=O)CC[C@]4(C)[C@H]3CC[C@]12C. The van der Waals surface area contributed by atoms with E-state index in [0.717, 1.165) is 31.4 Å². The van der Waals surface area contributed by atoms with Gasteiger partial charge in [-0.1, -0.05) is 24.6 Å². The Morgan fingerprint density at radius 1 is 1.00 bits per heavy atom. The number of carbonyl (C=O) groups excluding carboxylic acids is 3. The van der Waals surface area contributed by atoms with E-state index in [-0.39, 0.29) is 23.9 Å². The molecular weight excluding hydrogens is 470 g/mol. The minimum Gasteiger partial charge on any atom is -0.444 e. The second kappa shape index (κ2) is 10.4. The van der Waals surface area contributed by atoms with Crippen molar-refractivity contribution in [2.24, 2.45) is 39.7 Å². The molecule has 2 amide bonds. The Morgan fingerprint density at radius 2 is 1.70 bits per heavy atom. The van der Waals surface area contributed by atoms with Gasteiger partial charge in [-0.05, 0) is 107 Å². The quantitative estimate of drug-likeness (QED) is 0.209. The lowest BCUT2D eigenvalue weighted by molar-refractivity contribution is -0.117. The highest BCUT2D eigenvalue weighted by Gasteiger charge is 2.59. The van der Waals surface area contributed by atoms with Gasteiger partial charge in [0.25, 0.3) is 0 Å². The molecular formula is C29H45N3O5. The zero-order valence-electron chi connectivity index (χ0n) is 23.4. The Hall–Kier alpha value is -2.38. The number of hydrogen-bond donors (Lipinski definition) is 2. The fraction of sp³-hybridized carbons (Fsp3) is 0.793. The first-order valence-corrected chi connectivity index (χ1v) is 14.0. The van der Waals surface area contributed by atoms with E-state index in [1.54, 1.807) is 20.8 Å². The highest BCUT2D eigenvalue weighted by Crippen LogP contribution is 2.66. The normalized spacial score (nSPS) is 35.5. The van der Waals surface area contributed by atoms with E-state index in [1.807, 2.05) is 13.0 Å². The third-order valence-corrected chi connectivity index (χ3v) is 9.80. The molecule has 4 rings (SSSR count). The molecule has 4 aliphatic carbocycles. The minimum atomic E-state index is -0.625. The van der Waals surface area contributed by atoms with E-state index >= 15 is 0 Å². The third-order valence-electron chi connectivity index (χ3n) is 9.80. The molecule has 0 aliphatic heterocycles. The van der Waals surface area contributed by atoms with Crippen molar-refractivity contribution in [3.05, 3.63) is 11.6 Å². The van der Waals surface area contributed by atoms with E-state index in [2.05, 4.69) is 29.6 Å². The van der Waals surface area contributed by atoms with E-state index in [0.29, 0.717) is 35.9 Å². The summed E-state index contributed by atoms with van der Waals surface area (Å²) in [4.78, 5) is 41.1. The summed E-state index contributed by atoms with van der Waals surface area (Å²) in [6.45, 7) is 12.7. The Kier molecular flexibility index (Phi) is 7.78. The second-order valence-corrected chi connectivity index (χ2v) is 13.1. The average Bonchev–Trinajstić information content (AvgIpc) is 3.17. The van der Waals surface area contributed by atoms with Crippen LogP contribution < -0.4 is 10.6 Å². The van der Waals surface area contributed by atoms with E-state index in [4.69, 9.17) is 9.57 Å². The van der Waals surface area contributed by atoms with E-state index in [1.165, 1.54) is 24.8 Å². The zero-order valence-corrected chi connectivity index (χ0v) is 23.4. The minimum absolute atomic E-state index is 0.161. The first-order valence-electron chi connectivity index (χ1n) is 14.0. The fourth-order valence-corrected chi connectivity index (χ4v) is 8.10. The topological polar surface area (TPSA) is 106 Å². The molecule has 8 heteroatoms. The molecule has 3 fully saturated rings. The van der Waals surface area contributed by atoms with Crippen molar-refractivity contribution < 1.29 is 24.0 Å². The highest BCUT2D eigenvalue weighted by molar-refractivity contribution is 5.91. The van der Waals surface area contributed by atoms with Crippen LogP contribution in [0, 0.1) is 34.5 Å². The summed E-state index contributed by atoms with van der Waals surface area (Å²) >= 11 is 0. The summed E-state index contributed by atoms with van der Waals surface area (Å²) in [6, 6.07) is 0. The first-order chi connectivity index (χ1) is 17.3. The lowest BCUT2D eigenvalue weighted by Gasteiger charge is -2.58. The molecule has 8 nitrogen and oxygen atoms in total. The van der Waals surface area contributed by atoms with Crippen LogP contribution in [0.3, 0.4) is 0 Å². The number of rotatable bonds is 5. The number of amides is 2. The summed E-state index contributed by atoms with van der Waals surface area (Å²) < 4.78 is 5.17. The van der Waals surface area contributed by atoms with Crippen molar-refractivity contribution in [1.29, 1.82) is 0 Å². The van der Waals surface area contributed by atoms with Crippen LogP contribution in [-0.2, 0) is 14.4 Å². The summed E-state index contributed by atoms with van der Waals surface area (Å²) in [6.07, 6.45) is 9.35. The number of ether oxygens (including phenoxy) is 1. The molecule has 4 aliphatic rings. The Bertz CT molecular complexity index is 983. The molecule has 0 radical (unpaired) electrons. The number of alkyl carbamates (subject to hydrolysis) is 1. The maximum atomic E-state index is 12.2. The standard InChI is InChI=1S/C29H45N3O5/c1-18(32-37-26(35)31-16-15-30-25(34)36-27(2,3)4)22-9-10-23-21-8-7-19-17-20(33)11-13-28(19,5)24(21)12-14-29(22,23)6/h17,21-24H,7-16H2,1-6H3,(H,30,34)(H,31,35)/b32-18+/t21-,22+,23-,24-,28-,29+/m0/s1. The number of fused-ring (bicyclic) bond motifs is 5. The van der Waals surface area contributed by atoms with E-state index in [9.17, 15) is 14.4 Å². The molecule has 0 aromatic heterocycles. The summed E-state index contributed by atoms with van der Waals surface area (Å²) in [5, 5.41) is 9.46. The summed E-state index contributed by atoms with van der Waals surface area (Å²) in [5.74, 6) is 2.60. The molecule has 0 aromatic rings. The Labute approximate surface area is 221 Å². The van der Waals surface area contributed by atoms with Crippen LogP contribution in [0.4, 0.5) is 9.59 Å². The maximum Gasteiger partial charge on any atom is 0.433 e. The van der Waals surface area contributed by atoms with Crippen LogP contribution in [0.2, 0.25) is 0 Å². The summed E-state index contributed by atoms with van der Waals surface area (Å²) in [7, 11) is 0.